The maximum Gasteiger partial charge on any atom is 0.242 e. The Morgan fingerprint density at radius 1 is 1.44 bits per heavy atom. The molecule has 1 saturated heterocycles. The van der Waals surface area contributed by atoms with Crippen molar-refractivity contribution in [3.05, 3.63) is 29.8 Å². The molecule has 0 spiro atoms. The lowest BCUT2D eigenvalue weighted by Gasteiger charge is -2.37. The number of piperazine rings is 1. The number of anilines is 1. The molecule has 0 radical (unpaired) electrons. The highest BCUT2D eigenvalue weighted by molar-refractivity contribution is 5.86. The second-order valence-corrected chi connectivity index (χ2v) is 4.68. The summed E-state index contributed by atoms with van der Waals surface area (Å²) >= 11 is 0. The number of amides is 1. The van der Waals surface area contributed by atoms with Gasteiger partial charge in [-0.3, -0.25) is 4.79 Å². The number of nitrogens with zero attached hydrogens (tertiary/aromatic N) is 1. The molecule has 2 N–H and O–H groups in total. The second kappa shape index (κ2) is 5.87. The van der Waals surface area contributed by atoms with E-state index in [1.165, 1.54) is 11.3 Å². The van der Waals surface area contributed by atoms with Crippen LogP contribution in [0.15, 0.2) is 24.3 Å². The number of benzene rings is 1. The van der Waals surface area contributed by atoms with Crippen LogP contribution >= 0.6 is 0 Å². The van der Waals surface area contributed by atoms with Crippen molar-refractivity contribution in [2.45, 2.75) is 19.4 Å². The fraction of sp³-hybridized carbons (Fsp3) is 0.500. The zero-order valence-electron chi connectivity index (χ0n) is 11.1. The van der Waals surface area contributed by atoms with Crippen LogP contribution in [0.4, 0.5) is 5.69 Å². The van der Waals surface area contributed by atoms with Gasteiger partial charge in [0.1, 0.15) is 6.04 Å². The van der Waals surface area contributed by atoms with E-state index in [4.69, 9.17) is 0 Å². The quantitative estimate of drug-likeness (QED) is 0.831. The molecule has 0 aromatic heterocycles. The molecule has 1 amide bonds. The van der Waals surface area contributed by atoms with Gasteiger partial charge in [-0.25, -0.2) is 0 Å². The standard InChI is InChI=1S/C14H21N3O/c1-11-5-3-4-6-12(11)17-10-9-16-14(18)13(17)7-8-15-2/h3-6,13,15H,7-10H2,1-2H3,(H,16,18). The third-order valence-electron chi connectivity index (χ3n) is 3.42. The van der Waals surface area contributed by atoms with Gasteiger partial charge >= 0.3 is 0 Å². The summed E-state index contributed by atoms with van der Waals surface area (Å²) in [6.07, 6.45) is 0.830. The van der Waals surface area contributed by atoms with Gasteiger partial charge in [-0.2, -0.15) is 0 Å². The van der Waals surface area contributed by atoms with Gasteiger partial charge in [0, 0.05) is 18.8 Å². The fourth-order valence-electron chi connectivity index (χ4n) is 2.46. The Morgan fingerprint density at radius 3 is 2.94 bits per heavy atom. The summed E-state index contributed by atoms with van der Waals surface area (Å²) in [5.74, 6) is 0.139. The van der Waals surface area contributed by atoms with Crippen LogP contribution in [0.5, 0.6) is 0 Å². The van der Waals surface area contributed by atoms with E-state index in [0.717, 1.165) is 26.1 Å². The molecule has 18 heavy (non-hydrogen) atoms. The van der Waals surface area contributed by atoms with E-state index in [-0.39, 0.29) is 11.9 Å². The number of aryl methyl sites for hydroxylation is 1. The first-order valence-electron chi connectivity index (χ1n) is 6.48. The Balaban J connectivity index is 2.22. The monoisotopic (exact) mass is 247 g/mol. The first kappa shape index (κ1) is 12.9. The van der Waals surface area contributed by atoms with Gasteiger partial charge in [-0.1, -0.05) is 18.2 Å². The van der Waals surface area contributed by atoms with Gasteiger partial charge in [-0.15, -0.1) is 0 Å². The molecule has 4 nitrogen and oxygen atoms in total. The largest absolute Gasteiger partial charge is 0.357 e. The first-order chi connectivity index (χ1) is 8.74. The minimum absolute atomic E-state index is 0.0627. The number of para-hydroxylation sites is 1. The number of hydrogen-bond acceptors (Lipinski definition) is 3. The van der Waals surface area contributed by atoms with Gasteiger partial charge < -0.3 is 15.5 Å². The summed E-state index contributed by atoms with van der Waals surface area (Å²) in [5.41, 5.74) is 2.40. The predicted molar refractivity (Wildman–Crippen MR) is 73.9 cm³/mol. The normalized spacial score (nSPS) is 19.8. The molecule has 0 saturated carbocycles. The zero-order chi connectivity index (χ0) is 13.0. The minimum atomic E-state index is -0.0627. The van der Waals surface area contributed by atoms with E-state index < -0.39 is 0 Å². The lowest BCUT2D eigenvalue weighted by molar-refractivity contribution is -0.123. The third-order valence-corrected chi connectivity index (χ3v) is 3.42. The Bertz CT molecular complexity index is 419. The van der Waals surface area contributed by atoms with Gasteiger partial charge in [0.05, 0.1) is 0 Å². The van der Waals surface area contributed by atoms with E-state index in [0.29, 0.717) is 0 Å². The molecule has 0 aliphatic carbocycles. The molecule has 1 heterocycles. The highest BCUT2D eigenvalue weighted by atomic mass is 16.2. The number of rotatable bonds is 4. The Labute approximate surface area is 108 Å². The summed E-state index contributed by atoms with van der Waals surface area (Å²) < 4.78 is 0. The predicted octanol–water partition coefficient (Wildman–Crippen LogP) is 0.909. The van der Waals surface area contributed by atoms with Crippen molar-refractivity contribution in [1.82, 2.24) is 10.6 Å². The van der Waals surface area contributed by atoms with E-state index in [2.05, 4.69) is 34.6 Å². The molecular formula is C14H21N3O. The first-order valence-corrected chi connectivity index (χ1v) is 6.48. The maximum absolute atomic E-state index is 12.0. The number of hydrogen-bond donors (Lipinski definition) is 2. The SMILES string of the molecule is CNCCC1C(=O)NCCN1c1ccccc1C. The lowest BCUT2D eigenvalue weighted by Crippen LogP contribution is -2.56. The smallest absolute Gasteiger partial charge is 0.242 e. The molecule has 1 aromatic carbocycles. The van der Waals surface area contributed by atoms with Gasteiger partial charge in [0.15, 0.2) is 0 Å². The molecule has 1 aliphatic rings. The molecule has 98 valence electrons. The van der Waals surface area contributed by atoms with Crippen LogP contribution in [0.25, 0.3) is 0 Å². The van der Waals surface area contributed by atoms with Crippen molar-refractivity contribution in [3.63, 3.8) is 0 Å². The molecular weight excluding hydrogens is 226 g/mol. The minimum Gasteiger partial charge on any atom is -0.357 e. The molecule has 4 heteroatoms. The van der Waals surface area contributed by atoms with Crippen molar-refractivity contribution in [3.8, 4) is 0 Å². The molecule has 1 unspecified atom stereocenters. The van der Waals surface area contributed by atoms with Crippen molar-refractivity contribution >= 4 is 11.6 Å². The number of carbonyl (C=O) groups excluding carboxylic acids is 1. The Kier molecular flexibility index (Phi) is 4.20. The molecule has 2 rings (SSSR count). The fourth-order valence-corrected chi connectivity index (χ4v) is 2.46. The van der Waals surface area contributed by atoms with Crippen LogP contribution in [0.3, 0.4) is 0 Å². The summed E-state index contributed by atoms with van der Waals surface area (Å²) in [7, 11) is 1.92. The maximum atomic E-state index is 12.0. The molecule has 1 atom stereocenters. The van der Waals surface area contributed by atoms with Gasteiger partial charge in [0.2, 0.25) is 5.91 Å². The van der Waals surface area contributed by atoms with Gasteiger partial charge in [0.25, 0.3) is 0 Å². The highest BCUT2D eigenvalue weighted by Crippen LogP contribution is 2.24. The molecule has 1 fully saturated rings. The third kappa shape index (κ3) is 2.64. The number of carbonyl (C=O) groups is 1. The van der Waals surface area contributed by atoms with Crippen LogP contribution in [-0.2, 0) is 4.79 Å². The summed E-state index contributed by atoms with van der Waals surface area (Å²) in [6, 6.07) is 8.19. The summed E-state index contributed by atoms with van der Waals surface area (Å²) in [4.78, 5) is 14.2. The zero-order valence-corrected chi connectivity index (χ0v) is 11.1. The molecule has 0 bridgehead atoms. The molecule has 1 aliphatic heterocycles. The lowest BCUT2D eigenvalue weighted by atomic mass is 10.1. The Morgan fingerprint density at radius 2 is 2.22 bits per heavy atom. The van der Waals surface area contributed by atoms with E-state index in [1.54, 1.807) is 0 Å². The van der Waals surface area contributed by atoms with Crippen molar-refractivity contribution in [2.75, 3.05) is 31.6 Å². The average molecular weight is 247 g/mol. The van der Waals surface area contributed by atoms with Crippen LogP contribution < -0.4 is 15.5 Å². The molecule has 1 aromatic rings. The topological polar surface area (TPSA) is 44.4 Å². The second-order valence-electron chi connectivity index (χ2n) is 4.68. The van der Waals surface area contributed by atoms with E-state index >= 15 is 0 Å². The van der Waals surface area contributed by atoms with Crippen LogP contribution in [0.2, 0.25) is 0 Å². The summed E-state index contributed by atoms with van der Waals surface area (Å²) in [5, 5.41) is 6.07. The van der Waals surface area contributed by atoms with Crippen molar-refractivity contribution in [1.29, 1.82) is 0 Å². The Hall–Kier alpha value is -1.55. The van der Waals surface area contributed by atoms with Gasteiger partial charge in [-0.05, 0) is 38.6 Å². The van der Waals surface area contributed by atoms with Crippen molar-refractivity contribution < 1.29 is 4.79 Å². The number of nitrogens with one attached hydrogen (secondary N) is 2. The van der Waals surface area contributed by atoms with Crippen LogP contribution in [-0.4, -0.2) is 38.6 Å². The van der Waals surface area contributed by atoms with E-state index in [1.807, 2.05) is 19.2 Å². The van der Waals surface area contributed by atoms with Crippen LogP contribution in [0, 0.1) is 6.92 Å². The average Bonchev–Trinajstić information content (AvgIpc) is 2.38. The van der Waals surface area contributed by atoms with Crippen molar-refractivity contribution in [2.24, 2.45) is 0 Å². The highest BCUT2D eigenvalue weighted by Gasteiger charge is 2.29. The van der Waals surface area contributed by atoms with Crippen LogP contribution in [0.1, 0.15) is 12.0 Å². The van der Waals surface area contributed by atoms with E-state index in [9.17, 15) is 4.79 Å². The summed E-state index contributed by atoms with van der Waals surface area (Å²) in [6.45, 7) is 4.55.